The minimum atomic E-state index is -0.764. The van der Waals surface area contributed by atoms with Gasteiger partial charge in [-0.1, -0.05) is 0 Å². The van der Waals surface area contributed by atoms with Crippen molar-refractivity contribution in [3.05, 3.63) is 32.5 Å². The molecule has 0 spiro atoms. The van der Waals surface area contributed by atoms with Crippen LogP contribution in [-0.2, 0) is 4.79 Å². The number of carbonyl (C=O) groups excluding carboxylic acids is 1. The summed E-state index contributed by atoms with van der Waals surface area (Å²) < 4.78 is 12.8. The number of rotatable bonds is 2. The van der Waals surface area contributed by atoms with Crippen molar-refractivity contribution in [2.45, 2.75) is 0 Å². The molecule has 1 rings (SSSR count). The maximum atomic E-state index is 12.9. The van der Waals surface area contributed by atoms with Gasteiger partial charge < -0.3 is 0 Å². The first kappa shape index (κ1) is 10.5. The van der Waals surface area contributed by atoms with Crippen LogP contribution in [-0.4, -0.2) is 11.0 Å². The number of nitro groups is 1. The molecular formula is C7H2BrFN2O3. The van der Waals surface area contributed by atoms with Gasteiger partial charge in [0.25, 0.3) is 5.69 Å². The van der Waals surface area contributed by atoms with E-state index in [1.54, 1.807) is 0 Å². The van der Waals surface area contributed by atoms with E-state index in [-0.39, 0.29) is 10.2 Å². The van der Waals surface area contributed by atoms with Crippen LogP contribution < -0.4 is 0 Å². The van der Waals surface area contributed by atoms with Crippen molar-refractivity contribution in [2.24, 2.45) is 4.99 Å². The lowest BCUT2D eigenvalue weighted by Crippen LogP contribution is -1.90. The highest BCUT2D eigenvalue weighted by molar-refractivity contribution is 9.10. The number of aliphatic imine (C=N–C) groups is 1. The van der Waals surface area contributed by atoms with E-state index in [2.05, 4.69) is 20.9 Å². The zero-order chi connectivity index (χ0) is 10.7. The molecule has 0 aliphatic heterocycles. The highest BCUT2D eigenvalue weighted by Gasteiger charge is 2.16. The van der Waals surface area contributed by atoms with Gasteiger partial charge in [-0.15, -0.1) is 0 Å². The minimum absolute atomic E-state index is 0.0611. The fraction of sp³-hybridized carbons (Fsp3) is 0. The molecule has 0 atom stereocenters. The van der Waals surface area contributed by atoms with Crippen LogP contribution >= 0.6 is 15.9 Å². The quantitative estimate of drug-likeness (QED) is 0.355. The van der Waals surface area contributed by atoms with Gasteiger partial charge in [0.1, 0.15) is 5.82 Å². The maximum absolute atomic E-state index is 12.9. The third-order valence-corrected chi connectivity index (χ3v) is 1.99. The number of hydrogen-bond donors (Lipinski definition) is 0. The van der Waals surface area contributed by atoms with Gasteiger partial charge in [0, 0.05) is 12.1 Å². The van der Waals surface area contributed by atoms with Crippen LogP contribution in [0.25, 0.3) is 0 Å². The summed E-state index contributed by atoms with van der Waals surface area (Å²) in [7, 11) is 0. The molecule has 72 valence electrons. The molecular weight excluding hydrogens is 259 g/mol. The molecule has 5 nitrogen and oxygen atoms in total. The number of halogens is 2. The van der Waals surface area contributed by atoms with Crippen molar-refractivity contribution < 1.29 is 14.1 Å². The molecule has 0 saturated carbocycles. The summed E-state index contributed by atoms with van der Waals surface area (Å²) in [5.74, 6) is -0.732. The predicted octanol–water partition coefficient (Wildman–Crippen LogP) is 2.46. The molecule has 0 heterocycles. The Morgan fingerprint density at radius 2 is 2.21 bits per heavy atom. The molecule has 1 aromatic carbocycles. The molecule has 0 unspecified atom stereocenters. The Labute approximate surface area is 85.5 Å². The van der Waals surface area contributed by atoms with E-state index in [1.807, 2.05) is 0 Å². The molecule has 0 radical (unpaired) electrons. The summed E-state index contributed by atoms with van der Waals surface area (Å²) in [6.45, 7) is 0. The van der Waals surface area contributed by atoms with Crippen LogP contribution in [0.15, 0.2) is 21.6 Å². The fourth-order valence-corrected chi connectivity index (χ4v) is 1.14. The first-order chi connectivity index (χ1) is 6.56. The molecule has 0 amide bonds. The van der Waals surface area contributed by atoms with Gasteiger partial charge in [-0.05, 0) is 15.9 Å². The average molecular weight is 261 g/mol. The van der Waals surface area contributed by atoms with Gasteiger partial charge in [0.15, 0.2) is 5.69 Å². The SMILES string of the molecule is O=C=Nc1cc(F)c(Br)cc1[N+](=O)[O-]. The second-order valence-electron chi connectivity index (χ2n) is 2.22. The Morgan fingerprint density at radius 1 is 1.57 bits per heavy atom. The Kier molecular flexibility index (Phi) is 3.06. The number of nitrogens with zero attached hydrogens (tertiary/aromatic N) is 2. The molecule has 1 aromatic rings. The van der Waals surface area contributed by atoms with Crippen LogP contribution in [0.4, 0.5) is 15.8 Å². The molecule has 0 aliphatic rings. The monoisotopic (exact) mass is 260 g/mol. The Balaban J connectivity index is 3.45. The van der Waals surface area contributed by atoms with Gasteiger partial charge in [0.2, 0.25) is 6.08 Å². The van der Waals surface area contributed by atoms with Gasteiger partial charge in [-0.3, -0.25) is 10.1 Å². The van der Waals surface area contributed by atoms with Crippen molar-refractivity contribution in [3.8, 4) is 0 Å². The summed E-state index contributed by atoms with van der Waals surface area (Å²) in [6, 6.07) is 1.72. The maximum Gasteiger partial charge on any atom is 0.297 e. The number of nitro benzene ring substituents is 1. The highest BCUT2D eigenvalue weighted by atomic mass is 79.9. The predicted molar refractivity (Wildman–Crippen MR) is 48.5 cm³/mol. The molecule has 0 N–H and O–H groups in total. The molecule has 0 saturated heterocycles. The Hall–Kier alpha value is -1.59. The normalized spacial score (nSPS) is 9.29. The zero-order valence-corrected chi connectivity index (χ0v) is 8.12. The first-order valence-electron chi connectivity index (χ1n) is 3.27. The second-order valence-corrected chi connectivity index (χ2v) is 3.07. The molecule has 7 heteroatoms. The van der Waals surface area contributed by atoms with E-state index in [1.165, 1.54) is 0 Å². The van der Waals surface area contributed by atoms with Crippen molar-refractivity contribution in [3.63, 3.8) is 0 Å². The van der Waals surface area contributed by atoms with Crippen LogP contribution in [0.1, 0.15) is 0 Å². The summed E-state index contributed by atoms with van der Waals surface area (Å²) in [4.78, 5) is 22.6. The fourth-order valence-electron chi connectivity index (χ4n) is 0.811. The molecule has 0 aromatic heterocycles. The lowest BCUT2D eigenvalue weighted by atomic mass is 10.2. The topological polar surface area (TPSA) is 72.6 Å². The summed E-state index contributed by atoms with van der Waals surface area (Å²) in [5.41, 5.74) is -0.813. The molecule has 0 fully saturated rings. The van der Waals surface area contributed by atoms with E-state index in [4.69, 9.17) is 0 Å². The summed E-state index contributed by atoms with van der Waals surface area (Å²) in [6.07, 6.45) is 1.11. The number of benzene rings is 1. The van der Waals surface area contributed by atoms with E-state index in [0.717, 1.165) is 18.2 Å². The Bertz CT molecular complexity index is 416. The summed E-state index contributed by atoms with van der Waals surface area (Å²) in [5, 5.41) is 10.4. The highest BCUT2D eigenvalue weighted by Crippen LogP contribution is 2.32. The van der Waals surface area contributed by atoms with Gasteiger partial charge in [0.05, 0.1) is 9.40 Å². The Morgan fingerprint density at radius 3 is 2.71 bits per heavy atom. The zero-order valence-electron chi connectivity index (χ0n) is 6.53. The van der Waals surface area contributed by atoms with Crippen LogP contribution in [0.5, 0.6) is 0 Å². The van der Waals surface area contributed by atoms with Crippen molar-refractivity contribution in [2.75, 3.05) is 0 Å². The summed E-state index contributed by atoms with van der Waals surface area (Å²) >= 11 is 2.78. The van der Waals surface area contributed by atoms with Crippen molar-refractivity contribution in [1.82, 2.24) is 0 Å². The molecule has 14 heavy (non-hydrogen) atoms. The third kappa shape index (κ3) is 2.01. The smallest absolute Gasteiger partial charge is 0.258 e. The molecule has 0 aliphatic carbocycles. The largest absolute Gasteiger partial charge is 0.297 e. The minimum Gasteiger partial charge on any atom is -0.258 e. The van der Waals surface area contributed by atoms with Crippen LogP contribution in [0, 0.1) is 15.9 Å². The van der Waals surface area contributed by atoms with E-state index < -0.39 is 16.4 Å². The van der Waals surface area contributed by atoms with E-state index in [0.29, 0.717) is 0 Å². The standard InChI is InChI=1S/C7H2BrFN2O3/c8-4-1-7(11(13)14)6(10-3-12)2-5(4)9/h1-2H. The van der Waals surface area contributed by atoms with Gasteiger partial charge in [-0.25, -0.2) is 9.18 Å². The first-order valence-corrected chi connectivity index (χ1v) is 4.07. The lowest BCUT2D eigenvalue weighted by Gasteiger charge is -1.97. The van der Waals surface area contributed by atoms with Gasteiger partial charge >= 0.3 is 0 Å². The number of hydrogen-bond acceptors (Lipinski definition) is 4. The van der Waals surface area contributed by atoms with Crippen molar-refractivity contribution >= 4 is 33.4 Å². The van der Waals surface area contributed by atoms with Gasteiger partial charge in [-0.2, -0.15) is 4.99 Å². The third-order valence-electron chi connectivity index (χ3n) is 1.38. The van der Waals surface area contributed by atoms with E-state index in [9.17, 15) is 19.3 Å². The lowest BCUT2D eigenvalue weighted by molar-refractivity contribution is -0.384. The van der Waals surface area contributed by atoms with E-state index >= 15 is 0 Å². The van der Waals surface area contributed by atoms with Crippen molar-refractivity contribution in [1.29, 1.82) is 0 Å². The molecule has 0 bridgehead atoms. The second kappa shape index (κ2) is 4.08. The van der Waals surface area contributed by atoms with Crippen LogP contribution in [0.3, 0.4) is 0 Å². The van der Waals surface area contributed by atoms with Crippen LogP contribution in [0.2, 0.25) is 0 Å². The number of isocyanates is 1. The average Bonchev–Trinajstić information content (AvgIpc) is 2.11.